The minimum atomic E-state index is -3.46. The second-order valence-electron chi connectivity index (χ2n) is 7.25. The van der Waals surface area contributed by atoms with E-state index in [0.717, 1.165) is 32.3 Å². The number of rotatable bonds is 8. The lowest BCUT2D eigenvalue weighted by Crippen LogP contribution is -2.27. The van der Waals surface area contributed by atoms with E-state index in [2.05, 4.69) is 20.8 Å². The number of sulfonamides is 1. The van der Waals surface area contributed by atoms with Crippen LogP contribution >= 0.6 is 11.8 Å². The normalized spacial score (nSPS) is 19.9. The van der Waals surface area contributed by atoms with E-state index < -0.39 is 10.0 Å². The van der Waals surface area contributed by atoms with Crippen molar-refractivity contribution in [2.75, 3.05) is 30.8 Å². The molecule has 0 radical (unpaired) electrons. The molecule has 30 heavy (non-hydrogen) atoms. The monoisotopic (exact) mass is 452 g/mol. The van der Waals surface area contributed by atoms with Crippen LogP contribution < -0.4 is 5.32 Å². The van der Waals surface area contributed by atoms with Crippen LogP contribution in [0.25, 0.3) is 0 Å². The first-order chi connectivity index (χ1) is 14.5. The summed E-state index contributed by atoms with van der Waals surface area (Å²) in [7, 11) is -3.46. The molecule has 2 aromatic rings. The van der Waals surface area contributed by atoms with Crippen LogP contribution in [0.5, 0.6) is 0 Å². The molecule has 4 rings (SSSR count). The molecule has 0 unspecified atom stereocenters. The highest BCUT2D eigenvalue weighted by Crippen LogP contribution is 2.23. The third-order valence-electron chi connectivity index (χ3n) is 5.07. The molecule has 0 spiro atoms. The van der Waals surface area contributed by atoms with Crippen molar-refractivity contribution in [2.24, 2.45) is 0 Å². The van der Waals surface area contributed by atoms with Gasteiger partial charge in [-0.1, -0.05) is 11.8 Å². The van der Waals surface area contributed by atoms with Crippen molar-refractivity contribution >= 4 is 33.4 Å². The number of nitrogens with zero attached hydrogens (tertiary/aromatic N) is 5. The molecular weight excluding hydrogens is 428 g/mol. The second-order valence-corrected chi connectivity index (χ2v) is 10.1. The van der Waals surface area contributed by atoms with Crippen LogP contribution in [0.3, 0.4) is 0 Å². The molecule has 2 fully saturated rings. The van der Waals surface area contributed by atoms with E-state index in [1.54, 1.807) is 16.8 Å². The summed E-state index contributed by atoms with van der Waals surface area (Å²) in [5.41, 5.74) is 0.542. The predicted molar refractivity (Wildman–Crippen MR) is 111 cm³/mol. The van der Waals surface area contributed by atoms with Gasteiger partial charge in [-0.2, -0.15) is 4.31 Å². The van der Waals surface area contributed by atoms with E-state index in [1.165, 1.54) is 28.2 Å². The van der Waals surface area contributed by atoms with Gasteiger partial charge < -0.3 is 10.1 Å². The Hall–Kier alpha value is -2.02. The van der Waals surface area contributed by atoms with Crippen molar-refractivity contribution in [1.29, 1.82) is 0 Å². The van der Waals surface area contributed by atoms with Gasteiger partial charge in [-0.25, -0.2) is 13.1 Å². The van der Waals surface area contributed by atoms with E-state index in [9.17, 15) is 13.2 Å². The van der Waals surface area contributed by atoms with E-state index in [-0.39, 0.29) is 22.7 Å². The fraction of sp³-hybridized carbons (Fsp3) is 0.556. The SMILES string of the molecule is O=C(CSc1nnnn1C[C@@H]1CCCO1)Nc1ccc(S(=O)(=O)N2CCCC2)cc1. The number of hydrogen-bond acceptors (Lipinski definition) is 8. The molecule has 1 atom stereocenters. The number of ether oxygens (including phenoxy) is 1. The van der Waals surface area contributed by atoms with Gasteiger partial charge in [-0.05, 0) is 60.4 Å². The van der Waals surface area contributed by atoms with Crippen LogP contribution in [0.2, 0.25) is 0 Å². The molecule has 0 saturated carbocycles. The van der Waals surface area contributed by atoms with Crippen molar-refractivity contribution in [3.63, 3.8) is 0 Å². The molecule has 1 amide bonds. The molecule has 12 heteroatoms. The number of anilines is 1. The molecule has 1 aromatic carbocycles. The molecule has 1 aromatic heterocycles. The lowest BCUT2D eigenvalue weighted by atomic mass is 10.2. The highest BCUT2D eigenvalue weighted by atomic mass is 32.2. The van der Waals surface area contributed by atoms with Crippen LogP contribution in [0, 0.1) is 0 Å². The van der Waals surface area contributed by atoms with Gasteiger partial charge in [0.2, 0.25) is 21.1 Å². The topological polar surface area (TPSA) is 119 Å². The minimum absolute atomic E-state index is 0.108. The van der Waals surface area contributed by atoms with Crippen molar-refractivity contribution in [3.8, 4) is 0 Å². The van der Waals surface area contributed by atoms with Gasteiger partial charge in [0.15, 0.2) is 0 Å². The van der Waals surface area contributed by atoms with Crippen molar-refractivity contribution < 1.29 is 17.9 Å². The smallest absolute Gasteiger partial charge is 0.243 e. The number of tetrazole rings is 1. The predicted octanol–water partition coefficient (Wildman–Crippen LogP) is 1.37. The first-order valence-corrected chi connectivity index (χ1v) is 12.4. The maximum absolute atomic E-state index is 12.6. The Kier molecular flexibility index (Phi) is 6.66. The van der Waals surface area contributed by atoms with Crippen molar-refractivity contribution in [1.82, 2.24) is 24.5 Å². The molecular formula is C18H24N6O4S2. The summed E-state index contributed by atoms with van der Waals surface area (Å²) >= 11 is 1.25. The molecule has 10 nitrogen and oxygen atoms in total. The summed E-state index contributed by atoms with van der Waals surface area (Å²) in [6.45, 7) is 2.45. The minimum Gasteiger partial charge on any atom is -0.376 e. The molecule has 0 aliphatic carbocycles. The average molecular weight is 453 g/mol. The Morgan fingerprint density at radius 1 is 1.20 bits per heavy atom. The zero-order valence-corrected chi connectivity index (χ0v) is 18.1. The van der Waals surface area contributed by atoms with Gasteiger partial charge in [0.1, 0.15) is 0 Å². The summed E-state index contributed by atoms with van der Waals surface area (Å²) in [4.78, 5) is 12.5. The lowest BCUT2D eigenvalue weighted by Gasteiger charge is -2.15. The first-order valence-electron chi connectivity index (χ1n) is 9.93. The fourth-order valence-corrected chi connectivity index (χ4v) is 5.71. The summed E-state index contributed by atoms with van der Waals surface area (Å²) in [5.74, 6) is -0.0819. The summed E-state index contributed by atoms with van der Waals surface area (Å²) in [6, 6.07) is 6.26. The third-order valence-corrected chi connectivity index (χ3v) is 7.94. The maximum atomic E-state index is 12.6. The number of amides is 1. The third kappa shape index (κ3) is 4.99. The zero-order valence-electron chi connectivity index (χ0n) is 16.4. The summed E-state index contributed by atoms with van der Waals surface area (Å²) in [6.07, 6.45) is 3.91. The molecule has 3 heterocycles. The van der Waals surface area contributed by atoms with Crippen LogP contribution in [0.1, 0.15) is 25.7 Å². The van der Waals surface area contributed by atoms with Gasteiger partial charge in [0.05, 0.1) is 23.3 Å². The molecule has 162 valence electrons. The number of benzene rings is 1. The Balaban J connectivity index is 1.30. The van der Waals surface area contributed by atoms with Gasteiger partial charge in [0, 0.05) is 25.4 Å². The Labute approximate surface area is 179 Å². The number of aromatic nitrogens is 4. The van der Waals surface area contributed by atoms with Crippen LogP contribution in [-0.4, -0.2) is 70.4 Å². The van der Waals surface area contributed by atoms with Gasteiger partial charge in [-0.15, -0.1) is 5.10 Å². The van der Waals surface area contributed by atoms with Crippen molar-refractivity contribution in [3.05, 3.63) is 24.3 Å². The first kappa shape index (κ1) is 21.2. The van der Waals surface area contributed by atoms with Crippen LogP contribution in [0.15, 0.2) is 34.3 Å². The number of carbonyl (C=O) groups excluding carboxylic acids is 1. The van der Waals surface area contributed by atoms with E-state index in [0.29, 0.717) is 30.5 Å². The molecule has 2 saturated heterocycles. The van der Waals surface area contributed by atoms with Gasteiger partial charge in [0.25, 0.3) is 0 Å². The molecule has 2 aliphatic heterocycles. The quantitative estimate of drug-likeness (QED) is 0.597. The maximum Gasteiger partial charge on any atom is 0.243 e. The van der Waals surface area contributed by atoms with E-state index in [4.69, 9.17) is 4.74 Å². The molecule has 2 aliphatic rings. The van der Waals surface area contributed by atoms with Crippen LogP contribution in [-0.2, 0) is 26.1 Å². The summed E-state index contributed by atoms with van der Waals surface area (Å²) < 4.78 is 33.9. The highest BCUT2D eigenvalue weighted by Gasteiger charge is 2.27. The number of hydrogen-bond donors (Lipinski definition) is 1. The highest BCUT2D eigenvalue weighted by molar-refractivity contribution is 7.99. The Morgan fingerprint density at radius 3 is 2.67 bits per heavy atom. The largest absolute Gasteiger partial charge is 0.376 e. The summed E-state index contributed by atoms with van der Waals surface area (Å²) in [5, 5.41) is 15.0. The number of nitrogens with one attached hydrogen (secondary N) is 1. The number of thioether (sulfide) groups is 1. The Bertz CT molecular complexity index is 967. The lowest BCUT2D eigenvalue weighted by molar-refractivity contribution is -0.113. The Morgan fingerprint density at radius 2 is 1.97 bits per heavy atom. The van der Waals surface area contributed by atoms with Gasteiger partial charge >= 0.3 is 0 Å². The van der Waals surface area contributed by atoms with Gasteiger partial charge in [-0.3, -0.25) is 4.79 Å². The second kappa shape index (κ2) is 9.41. The van der Waals surface area contributed by atoms with Crippen LogP contribution in [0.4, 0.5) is 5.69 Å². The standard InChI is InChI=1S/C18H24N6O4S2/c25-17(13-29-18-20-21-22-24(18)12-15-4-3-11-28-15)19-14-5-7-16(8-6-14)30(26,27)23-9-1-2-10-23/h5-8,15H,1-4,9-13H2,(H,19,25)/t15-/m0/s1. The van der Waals surface area contributed by atoms with E-state index in [1.807, 2.05) is 0 Å². The van der Waals surface area contributed by atoms with E-state index >= 15 is 0 Å². The molecule has 0 bridgehead atoms. The zero-order chi connectivity index (χ0) is 21.0. The van der Waals surface area contributed by atoms with Crippen molar-refractivity contribution in [2.45, 2.75) is 48.4 Å². The fourth-order valence-electron chi connectivity index (χ4n) is 3.51. The molecule has 1 N–H and O–H groups in total. The number of carbonyl (C=O) groups is 1. The average Bonchev–Trinajstić information content (AvgIpc) is 3.50.